The van der Waals surface area contributed by atoms with Crippen molar-refractivity contribution in [2.45, 2.75) is 19.8 Å². The standard InChI is InChI=1S/C16H24N2O2S/c1-2-20-15-8-4-3-7-14(15)17-16(19)13-21-12-11-18-9-5-6-10-18/h3-4,7-8H,2,5-6,9-13H2,1H3,(H,17,19). The van der Waals surface area contributed by atoms with E-state index in [1.54, 1.807) is 11.8 Å². The van der Waals surface area contributed by atoms with Gasteiger partial charge in [0, 0.05) is 12.3 Å². The van der Waals surface area contributed by atoms with Gasteiger partial charge in [-0.3, -0.25) is 4.79 Å². The van der Waals surface area contributed by atoms with Crippen molar-refractivity contribution >= 4 is 23.4 Å². The Morgan fingerprint density at radius 2 is 2.10 bits per heavy atom. The Morgan fingerprint density at radius 1 is 1.33 bits per heavy atom. The van der Waals surface area contributed by atoms with Crippen LogP contribution in [0.4, 0.5) is 5.69 Å². The largest absolute Gasteiger partial charge is 0.492 e. The summed E-state index contributed by atoms with van der Waals surface area (Å²) in [5.41, 5.74) is 0.754. The fourth-order valence-electron chi connectivity index (χ4n) is 2.40. The molecule has 21 heavy (non-hydrogen) atoms. The van der Waals surface area contributed by atoms with Gasteiger partial charge in [-0.2, -0.15) is 11.8 Å². The molecule has 0 aromatic heterocycles. The van der Waals surface area contributed by atoms with Crippen LogP contribution < -0.4 is 10.1 Å². The smallest absolute Gasteiger partial charge is 0.234 e. The summed E-state index contributed by atoms with van der Waals surface area (Å²) in [7, 11) is 0. The number of nitrogens with zero attached hydrogens (tertiary/aromatic N) is 1. The van der Waals surface area contributed by atoms with Crippen molar-refractivity contribution in [3.8, 4) is 5.75 Å². The van der Waals surface area contributed by atoms with Crippen LogP contribution in [-0.4, -0.2) is 48.6 Å². The molecule has 1 aromatic carbocycles. The monoisotopic (exact) mass is 308 g/mol. The van der Waals surface area contributed by atoms with Crippen LogP contribution in [0.15, 0.2) is 24.3 Å². The van der Waals surface area contributed by atoms with Crippen molar-refractivity contribution in [1.29, 1.82) is 0 Å². The maximum Gasteiger partial charge on any atom is 0.234 e. The second kappa shape index (κ2) is 8.95. The molecule has 4 nitrogen and oxygen atoms in total. The van der Waals surface area contributed by atoms with E-state index in [1.165, 1.54) is 25.9 Å². The molecule has 1 saturated heterocycles. The van der Waals surface area contributed by atoms with Crippen LogP contribution in [0.25, 0.3) is 0 Å². The van der Waals surface area contributed by atoms with Gasteiger partial charge in [-0.1, -0.05) is 12.1 Å². The lowest BCUT2D eigenvalue weighted by Gasteiger charge is -2.14. The van der Waals surface area contributed by atoms with Crippen molar-refractivity contribution in [2.75, 3.05) is 43.1 Å². The highest BCUT2D eigenvalue weighted by molar-refractivity contribution is 7.99. The maximum atomic E-state index is 12.0. The Balaban J connectivity index is 1.69. The van der Waals surface area contributed by atoms with Crippen molar-refractivity contribution in [3.05, 3.63) is 24.3 Å². The number of nitrogens with one attached hydrogen (secondary N) is 1. The molecule has 0 saturated carbocycles. The lowest BCUT2D eigenvalue weighted by molar-refractivity contribution is -0.113. The number of rotatable bonds is 8. The summed E-state index contributed by atoms with van der Waals surface area (Å²) >= 11 is 1.69. The van der Waals surface area contributed by atoms with Crippen LogP contribution in [-0.2, 0) is 4.79 Å². The van der Waals surface area contributed by atoms with Crippen LogP contribution >= 0.6 is 11.8 Å². The zero-order chi connectivity index (χ0) is 14.9. The molecule has 0 radical (unpaired) electrons. The number of carbonyl (C=O) groups is 1. The molecule has 1 N–H and O–H groups in total. The highest BCUT2D eigenvalue weighted by atomic mass is 32.2. The second-order valence-electron chi connectivity index (χ2n) is 5.08. The van der Waals surface area contributed by atoms with Gasteiger partial charge >= 0.3 is 0 Å². The van der Waals surface area contributed by atoms with Gasteiger partial charge in [-0.15, -0.1) is 0 Å². The van der Waals surface area contributed by atoms with Gasteiger partial charge in [0.05, 0.1) is 18.0 Å². The van der Waals surface area contributed by atoms with Crippen molar-refractivity contribution in [2.24, 2.45) is 0 Å². The van der Waals surface area contributed by atoms with Gasteiger partial charge < -0.3 is 15.0 Å². The summed E-state index contributed by atoms with van der Waals surface area (Å²) in [5, 5.41) is 2.93. The molecule has 5 heteroatoms. The molecule has 0 unspecified atom stereocenters. The molecule has 2 rings (SSSR count). The molecule has 0 spiro atoms. The zero-order valence-corrected chi connectivity index (χ0v) is 13.5. The molecule has 1 aromatic rings. The molecule has 1 aliphatic rings. The van der Waals surface area contributed by atoms with E-state index in [2.05, 4.69) is 10.2 Å². The minimum atomic E-state index is 0.0357. The topological polar surface area (TPSA) is 41.6 Å². The molecular weight excluding hydrogens is 284 g/mol. The van der Waals surface area contributed by atoms with Crippen molar-refractivity contribution in [1.82, 2.24) is 4.90 Å². The Kier molecular flexibility index (Phi) is 6.89. The summed E-state index contributed by atoms with van der Waals surface area (Å²) in [6.45, 7) is 6.06. The maximum absolute atomic E-state index is 12.0. The van der Waals surface area contributed by atoms with E-state index in [9.17, 15) is 4.79 Å². The highest BCUT2D eigenvalue weighted by Crippen LogP contribution is 2.23. The summed E-state index contributed by atoms with van der Waals surface area (Å²) < 4.78 is 5.50. The number of hydrogen-bond acceptors (Lipinski definition) is 4. The molecule has 1 amide bonds. The van der Waals surface area contributed by atoms with Gasteiger partial charge in [0.1, 0.15) is 5.75 Å². The fraction of sp³-hybridized carbons (Fsp3) is 0.562. The number of anilines is 1. The number of thioether (sulfide) groups is 1. The molecule has 1 aliphatic heterocycles. The summed E-state index contributed by atoms with van der Waals surface area (Å²) in [6.07, 6.45) is 2.64. The van der Waals surface area contributed by atoms with Gasteiger partial charge in [-0.25, -0.2) is 0 Å². The van der Waals surface area contributed by atoms with E-state index < -0.39 is 0 Å². The number of amides is 1. The van der Waals surface area contributed by atoms with Gasteiger partial charge in [-0.05, 0) is 45.0 Å². The SMILES string of the molecule is CCOc1ccccc1NC(=O)CSCCN1CCCC1. The molecule has 0 bridgehead atoms. The first-order valence-electron chi connectivity index (χ1n) is 7.61. The Bertz CT molecular complexity index is 448. The highest BCUT2D eigenvalue weighted by Gasteiger charge is 2.11. The predicted molar refractivity (Wildman–Crippen MR) is 89.2 cm³/mol. The molecular formula is C16H24N2O2S. The van der Waals surface area contributed by atoms with Crippen molar-refractivity contribution in [3.63, 3.8) is 0 Å². The third kappa shape index (κ3) is 5.59. The van der Waals surface area contributed by atoms with Crippen LogP contribution in [0.5, 0.6) is 5.75 Å². The first-order valence-corrected chi connectivity index (χ1v) is 8.77. The van der Waals surface area contributed by atoms with E-state index >= 15 is 0 Å². The molecule has 0 aliphatic carbocycles. The molecule has 1 fully saturated rings. The van der Waals surface area contributed by atoms with Gasteiger partial charge in [0.25, 0.3) is 0 Å². The van der Waals surface area contributed by atoms with E-state index in [0.29, 0.717) is 12.4 Å². The number of carbonyl (C=O) groups excluding carboxylic acids is 1. The van der Waals surface area contributed by atoms with E-state index in [4.69, 9.17) is 4.74 Å². The van der Waals surface area contributed by atoms with Gasteiger partial charge in [0.15, 0.2) is 0 Å². The third-order valence-corrected chi connectivity index (χ3v) is 4.38. The second-order valence-corrected chi connectivity index (χ2v) is 6.18. The van der Waals surface area contributed by atoms with E-state index in [1.807, 2.05) is 31.2 Å². The van der Waals surface area contributed by atoms with Crippen LogP contribution in [0, 0.1) is 0 Å². The minimum absolute atomic E-state index is 0.0357. The summed E-state index contributed by atoms with van der Waals surface area (Å²) in [5.74, 6) is 2.28. The molecule has 0 atom stereocenters. The average molecular weight is 308 g/mol. The Morgan fingerprint density at radius 3 is 2.86 bits per heavy atom. The number of ether oxygens (including phenoxy) is 1. The van der Waals surface area contributed by atoms with E-state index in [0.717, 1.165) is 23.7 Å². The minimum Gasteiger partial charge on any atom is -0.492 e. The van der Waals surface area contributed by atoms with Crippen molar-refractivity contribution < 1.29 is 9.53 Å². The molecule has 116 valence electrons. The third-order valence-electron chi connectivity index (χ3n) is 3.44. The molecule has 1 heterocycles. The Labute approximate surface area is 131 Å². The number of likely N-dealkylation sites (tertiary alicyclic amines) is 1. The summed E-state index contributed by atoms with van der Waals surface area (Å²) in [4.78, 5) is 14.4. The van der Waals surface area contributed by atoms with E-state index in [-0.39, 0.29) is 5.91 Å². The summed E-state index contributed by atoms with van der Waals surface area (Å²) in [6, 6.07) is 7.56. The number of para-hydroxylation sites is 2. The first-order chi connectivity index (χ1) is 10.3. The lowest BCUT2D eigenvalue weighted by atomic mass is 10.3. The quantitative estimate of drug-likeness (QED) is 0.750. The normalized spacial score (nSPS) is 15.1. The number of hydrogen-bond donors (Lipinski definition) is 1. The van der Waals surface area contributed by atoms with Crippen LogP contribution in [0.3, 0.4) is 0 Å². The van der Waals surface area contributed by atoms with Crippen LogP contribution in [0.1, 0.15) is 19.8 Å². The fourth-order valence-corrected chi connectivity index (χ4v) is 3.19. The van der Waals surface area contributed by atoms with Crippen LogP contribution in [0.2, 0.25) is 0 Å². The zero-order valence-electron chi connectivity index (χ0n) is 12.6. The average Bonchev–Trinajstić information content (AvgIpc) is 2.99. The Hall–Kier alpha value is -1.20. The number of benzene rings is 1. The van der Waals surface area contributed by atoms with Gasteiger partial charge in [0.2, 0.25) is 5.91 Å². The lowest BCUT2D eigenvalue weighted by Crippen LogP contribution is -2.23. The first kappa shape index (κ1) is 16.2. The predicted octanol–water partition coefficient (Wildman–Crippen LogP) is 2.85.